The van der Waals surface area contributed by atoms with Crippen LogP contribution in [0.4, 0.5) is 0 Å². The highest BCUT2D eigenvalue weighted by atomic mass is 14.9. The molecule has 0 amide bonds. The molecule has 1 nitrogen and oxygen atoms in total. The van der Waals surface area contributed by atoms with E-state index in [-0.39, 0.29) is 11.5 Å². The first-order chi connectivity index (χ1) is 7.38. The molecule has 0 saturated heterocycles. The first kappa shape index (κ1) is 13.0. The number of rotatable bonds is 3. The predicted molar refractivity (Wildman–Crippen MR) is 71.8 cm³/mol. The predicted octanol–water partition coefficient (Wildman–Crippen LogP) is 3.82. The quantitative estimate of drug-likeness (QED) is 0.759. The molecule has 1 atom stereocenters. The summed E-state index contributed by atoms with van der Waals surface area (Å²) in [6.45, 7) is 12.9. The first-order valence-electron chi connectivity index (χ1n) is 5.80. The molecule has 0 saturated carbocycles. The Kier molecular flexibility index (Phi) is 3.93. The van der Waals surface area contributed by atoms with Crippen LogP contribution < -0.4 is 5.32 Å². The Morgan fingerprint density at radius 3 is 2.25 bits per heavy atom. The normalized spacial score (nSPS) is 13.6. The molecule has 0 radical (unpaired) electrons. The molecule has 0 fully saturated rings. The highest BCUT2D eigenvalue weighted by molar-refractivity contribution is 5.38. The Balaban J connectivity index is 3.27. The van der Waals surface area contributed by atoms with E-state index in [0.29, 0.717) is 0 Å². The molecule has 0 heterocycles. The Labute approximate surface area is 99.6 Å². The largest absolute Gasteiger partial charge is 0.310 e. The van der Waals surface area contributed by atoms with Crippen molar-refractivity contribution in [3.8, 4) is 0 Å². The molecule has 0 spiro atoms. The van der Waals surface area contributed by atoms with Crippen molar-refractivity contribution in [1.82, 2.24) is 5.32 Å². The minimum absolute atomic E-state index is 0.168. The maximum atomic E-state index is 4.06. The number of hydrogen-bond donors (Lipinski definition) is 1. The molecule has 0 aliphatic heterocycles. The summed E-state index contributed by atoms with van der Waals surface area (Å²) in [5.74, 6) is 0. The lowest BCUT2D eigenvalue weighted by atomic mass is 9.81. The van der Waals surface area contributed by atoms with Gasteiger partial charge in [0.1, 0.15) is 0 Å². The van der Waals surface area contributed by atoms with Gasteiger partial charge in [-0.3, -0.25) is 0 Å². The Bertz CT molecular complexity index is 371. The van der Waals surface area contributed by atoms with Gasteiger partial charge in [0, 0.05) is 0 Å². The van der Waals surface area contributed by atoms with Gasteiger partial charge < -0.3 is 5.32 Å². The van der Waals surface area contributed by atoms with Crippen molar-refractivity contribution in [3.63, 3.8) is 0 Å². The second-order valence-corrected chi connectivity index (χ2v) is 5.41. The van der Waals surface area contributed by atoms with Crippen LogP contribution in [-0.2, 0) is 5.41 Å². The third-order valence-electron chi connectivity index (χ3n) is 2.86. The van der Waals surface area contributed by atoms with Crippen LogP contribution >= 0.6 is 0 Å². The van der Waals surface area contributed by atoms with Crippen LogP contribution in [0.3, 0.4) is 0 Å². The number of nitrogens with one attached hydrogen (secondary N) is 1. The molecule has 0 aliphatic rings. The lowest BCUT2D eigenvalue weighted by Gasteiger charge is -2.27. The van der Waals surface area contributed by atoms with Gasteiger partial charge >= 0.3 is 0 Å². The van der Waals surface area contributed by atoms with E-state index in [4.69, 9.17) is 0 Å². The van der Waals surface area contributed by atoms with Gasteiger partial charge in [-0.25, -0.2) is 0 Å². The van der Waals surface area contributed by atoms with Gasteiger partial charge in [0.05, 0.1) is 6.04 Å². The molecular formula is C15H23N. The molecule has 1 aromatic rings. The van der Waals surface area contributed by atoms with Gasteiger partial charge in [0.25, 0.3) is 0 Å². The zero-order valence-corrected chi connectivity index (χ0v) is 11.1. The van der Waals surface area contributed by atoms with E-state index < -0.39 is 0 Å². The summed E-state index contributed by atoms with van der Waals surface area (Å²) in [4.78, 5) is 0. The maximum Gasteiger partial charge on any atom is 0.0531 e. The topological polar surface area (TPSA) is 12.0 Å². The highest BCUT2D eigenvalue weighted by Gasteiger charge is 2.21. The van der Waals surface area contributed by atoms with Crippen molar-refractivity contribution in [3.05, 3.63) is 47.5 Å². The smallest absolute Gasteiger partial charge is 0.0531 e. The summed E-state index contributed by atoms with van der Waals surface area (Å²) in [6.07, 6.45) is 0. The number of hydrogen-bond acceptors (Lipinski definition) is 1. The van der Waals surface area contributed by atoms with Crippen LogP contribution in [0, 0.1) is 0 Å². The third kappa shape index (κ3) is 2.73. The maximum absolute atomic E-state index is 4.06. The molecule has 1 aromatic carbocycles. The van der Waals surface area contributed by atoms with Crippen molar-refractivity contribution in [2.75, 3.05) is 7.05 Å². The number of likely N-dealkylation sites (N-methyl/N-ethyl adjacent to an activating group) is 1. The average Bonchev–Trinajstić information content (AvgIpc) is 2.17. The minimum Gasteiger partial charge on any atom is -0.310 e. The molecule has 16 heavy (non-hydrogen) atoms. The molecule has 1 unspecified atom stereocenters. The van der Waals surface area contributed by atoms with Gasteiger partial charge in [0.2, 0.25) is 0 Å². The van der Waals surface area contributed by atoms with Crippen molar-refractivity contribution in [2.45, 2.75) is 39.2 Å². The van der Waals surface area contributed by atoms with Crippen molar-refractivity contribution < 1.29 is 0 Å². The van der Waals surface area contributed by atoms with Crippen LogP contribution in [0.5, 0.6) is 0 Å². The summed E-state index contributed by atoms with van der Waals surface area (Å²) in [5.41, 5.74) is 4.04. The van der Waals surface area contributed by atoms with Crippen LogP contribution in [0.2, 0.25) is 0 Å². The van der Waals surface area contributed by atoms with Gasteiger partial charge in [-0.2, -0.15) is 0 Å². The first-order valence-corrected chi connectivity index (χ1v) is 5.80. The van der Waals surface area contributed by atoms with Gasteiger partial charge in [-0.1, -0.05) is 57.2 Å². The number of benzene rings is 1. The van der Waals surface area contributed by atoms with E-state index in [2.05, 4.69) is 63.9 Å². The molecule has 88 valence electrons. The summed E-state index contributed by atoms with van der Waals surface area (Å²) >= 11 is 0. The lowest BCUT2D eigenvalue weighted by molar-refractivity contribution is 0.565. The molecule has 1 heteroatoms. The summed E-state index contributed by atoms with van der Waals surface area (Å²) in [6, 6.07) is 8.85. The van der Waals surface area contributed by atoms with Crippen LogP contribution in [-0.4, -0.2) is 7.05 Å². The monoisotopic (exact) mass is 217 g/mol. The SMILES string of the molecule is C=C(C)C(NC)c1ccccc1C(C)(C)C. The molecule has 0 bridgehead atoms. The van der Waals surface area contributed by atoms with E-state index >= 15 is 0 Å². The summed E-state index contributed by atoms with van der Waals surface area (Å²) in [5, 5.41) is 3.33. The Morgan fingerprint density at radius 2 is 1.81 bits per heavy atom. The van der Waals surface area contributed by atoms with Crippen LogP contribution in [0.15, 0.2) is 36.4 Å². The zero-order valence-electron chi connectivity index (χ0n) is 11.1. The Morgan fingerprint density at radius 1 is 1.25 bits per heavy atom. The van der Waals surface area contributed by atoms with Gasteiger partial charge in [-0.05, 0) is 30.5 Å². The molecule has 0 aliphatic carbocycles. The van der Waals surface area contributed by atoms with Crippen molar-refractivity contribution >= 4 is 0 Å². The molecule has 1 rings (SSSR count). The van der Waals surface area contributed by atoms with Gasteiger partial charge in [0.15, 0.2) is 0 Å². The summed E-state index contributed by atoms with van der Waals surface area (Å²) < 4.78 is 0. The fraction of sp³-hybridized carbons (Fsp3) is 0.467. The molecule has 1 N–H and O–H groups in total. The molecule has 0 aromatic heterocycles. The summed E-state index contributed by atoms with van der Waals surface area (Å²) in [7, 11) is 1.98. The molecular weight excluding hydrogens is 194 g/mol. The van der Waals surface area contributed by atoms with Crippen LogP contribution in [0.25, 0.3) is 0 Å². The zero-order chi connectivity index (χ0) is 12.3. The minimum atomic E-state index is 0.168. The lowest BCUT2D eigenvalue weighted by Crippen LogP contribution is -2.23. The fourth-order valence-electron chi connectivity index (χ4n) is 2.10. The average molecular weight is 217 g/mol. The van der Waals surface area contributed by atoms with Crippen molar-refractivity contribution in [1.29, 1.82) is 0 Å². The van der Waals surface area contributed by atoms with Crippen molar-refractivity contribution in [2.24, 2.45) is 0 Å². The van der Waals surface area contributed by atoms with E-state index in [1.54, 1.807) is 0 Å². The standard InChI is InChI=1S/C15H23N/c1-11(2)14(16-6)12-9-7-8-10-13(12)15(3,4)5/h7-10,14,16H,1H2,2-6H3. The fourth-order valence-corrected chi connectivity index (χ4v) is 2.10. The Hall–Kier alpha value is -1.08. The van der Waals surface area contributed by atoms with Crippen LogP contribution in [0.1, 0.15) is 44.9 Å². The highest BCUT2D eigenvalue weighted by Crippen LogP contribution is 2.31. The van der Waals surface area contributed by atoms with Gasteiger partial charge in [-0.15, -0.1) is 0 Å². The van der Waals surface area contributed by atoms with E-state index in [1.807, 2.05) is 7.05 Å². The second-order valence-electron chi connectivity index (χ2n) is 5.41. The van der Waals surface area contributed by atoms with E-state index in [0.717, 1.165) is 5.57 Å². The second kappa shape index (κ2) is 4.84. The third-order valence-corrected chi connectivity index (χ3v) is 2.86. The van der Waals surface area contributed by atoms with E-state index in [9.17, 15) is 0 Å². The van der Waals surface area contributed by atoms with E-state index in [1.165, 1.54) is 11.1 Å².